The molecule has 0 fully saturated rings. The lowest BCUT2D eigenvalue weighted by Crippen LogP contribution is -2.17. The summed E-state index contributed by atoms with van der Waals surface area (Å²) < 4.78 is 41.7. The second-order valence-corrected chi connectivity index (χ2v) is 4.52. The molecule has 1 aromatic carbocycles. The van der Waals surface area contributed by atoms with E-state index in [1.807, 2.05) is 28.7 Å². The first-order valence-electron chi connectivity index (χ1n) is 4.91. The monoisotopic (exact) mass is 379 g/mol. The average Bonchev–Trinajstić information content (AvgIpc) is 2.69. The number of hydrogen-bond acceptors (Lipinski definition) is 3. The summed E-state index contributed by atoms with van der Waals surface area (Å²) in [4.78, 5) is 0. The van der Waals surface area contributed by atoms with E-state index in [-0.39, 0.29) is 5.75 Å². The molecule has 1 heterocycles. The summed E-state index contributed by atoms with van der Waals surface area (Å²) in [7, 11) is 0. The molecule has 0 amide bonds. The lowest BCUT2D eigenvalue weighted by Gasteiger charge is -2.09. The van der Waals surface area contributed by atoms with Crippen LogP contribution < -0.4 is 4.74 Å². The number of hydrogen-bond donors (Lipinski definition) is 0. The Labute approximate surface area is 119 Å². The topological polar surface area (TPSA) is 50.8 Å². The van der Waals surface area contributed by atoms with Crippen molar-refractivity contribution in [1.82, 2.24) is 9.78 Å². The molecule has 0 radical (unpaired) electrons. The summed E-state index contributed by atoms with van der Waals surface area (Å²) in [5, 5.41) is 13.0. The van der Waals surface area contributed by atoms with Gasteiger partial charge in [0.25, 0.3) is 0 Å². The van der Waals surface area contributed by atoms with Gasteiger partial charge in [0.2, 0.25) is 0 Å². The van der Waals surface area contributed by atoms with Crippen LogP contribution in [0.4, 0.5) is 13.2 Å². The molecule has 2 aromatic rings. The lowest BCUT2D eigenvalue weighted by atomic mass is 10.3. The highest BCUT2D eigenvalue weighted by Crippen LogP contribution is 2.24. The van der Waals surface area contributed by atoms with E-state index in [1.54, 1.807) is 6.07 Å². The van der Waals surface area contributed by atoms with E-state index < -0.39 is 6.36 Å². The first-order valence-corrected chi connectivity index (χ1v) is 5.99. The van der Waals surface area contributed by atoms with Crippen molar-refractivity contribution < 1.29 is 17.9 Å². The summed E-state index contributed by atoms with van der Waals surface area (Å²) in [6, 6.07) is 8.64. The average molecular weight is 379 g/mol. The third-order valence-corrected chi connectivity index (χ3v) is 2.64. The molecule has 0 atom stereocenters. The molecule has 0 spiro atoms. The van der Waals surface area contributed by atoms with Gasteiger partial charge in [-0.05, 0) is 46.9 Å². The number of nitrogens with zero attached hydrogens (tertiary/aromatic N) is 3. The highest BCUT2D eigenvalue weighted by Gasteiger charge is 2.31. The van der Waals surface area contributed by atoms with Crippen LogP contribution in [0.3, 0.4) is 0 Å². The fourth-order valence-corrected chi connectivity index (χ4v) is 1.93. The van der Waals surface area contributed by atoms with E-state index in [1.165, 1.54) is 28.9 Å². The van der Waals surface area contributed by atoms with E-state index in [0.717, 1.165) is 0 Å². The molecule has 0 unspecified atom stereocenters. The molecule has 1 aromatic heterocycles. The molecule has 2 rings (SSSR count). The Morgan fingerprint density at radius 3 is 2.42 bits per heavy atom. The predicted octanol–water partition coefficient (Wildman–Crippen LogP) is 3.25. The molecule has 0 aliphatic heterocycles. The maximum atomic E-state index is 12.0. The van der Waals surface area contributed by atoms with Gasteiger partial charge in [-0.15, -0.1) is 13.2 Å². The van der Waals surface area contributed by atoms with Crippen molar-refractivity contribution in [2.75, 3.05) is 0 Å². The number of benzene rings is 1. The van der Waals surface area contributed by atoms with Crippen LogP contribution in [-0.4, -0.2) is 16.1 Å². The number of ether oxygens (including phenoxy) is 1. The van der Waals surface area contributed by atoms with Crippen molar-refractivity contribution in [2.45, 2.75) is 6.36 Å². The predicted molar refractivity (Wildman–Crippen MR) is 67.7 cm³/mol. The zero-order valence-corrected chi connectivity index (χ0v) is 11.3. The SMILES string of the molecule is N#Cc1cc(I)nn1-c1ccc(OC(F)(F)F)cc1. The second-order valence-electron chi connectivity index (χ2n) is 3.42. The minimum atomic E-state index is -4.72. The highest BCUT2D eigenvalue weighted by atomic mass is 127. The molecular formula is C11H5F3IN3O. The van der Waals surface area contributed by atoms with Gasteiger partial charge in [0, 0.05) is 6.07 Å². The summed E-state index contributed by atoms with van der Waals surface area (Å²) >= 11 is 1.94. The van der Waals surface area contributed by atoms with Gasteiger partial charge in [-0.3, -0.25) is 0 Å². The van der Waals surface area contributed by atoms with Crippen molar-refractivity contribution in [3.8, 4) is 17.5 Å². The number of alkyl halides is 3. The quantitative estimate of drug-likeness (QED) is 0.753. The highest BCUT2D eigenvalue weighted by molar-refractivity contribution is 14.1. The molecule has 98 valence electrons. The van der Waals surface area contributed by atoms with Crippen LogP contribution in [0.1, 0.15) is 5.69 Å². The zero-order chi connectivity index (χ0) is 14.0. The number of rotatable bonds is 2. The minimum absolute atomic E-state index is 0.300. The lowest BCUT2D eigenvalue weighted by molar-refractivity contribution is -0.274. The maximum Gasteiger partial charge on any atom is 0.573 e. The van der Waals surface area contributed by atoms with Crippen LogP contribution in [0.25, 0.3) is 5.69 Å². The molecule has 0 saturated carbocycles. The first-order chi connectivity index (χ1) is 8.89. The fraction of sp³-hybridized carbons (Fsp3) is 0.0909. The van der Waals surface area contributed by atoms with Crippen LogP contribution in [0, 0.1) is 15.0 Å². The van der Waals surface area contributed by atoms with E-state index in [0.29, 0.717) is 15.1 Å². The Morgan fingerprint density at radius 1 is 1.26 bits per heavy atom. The molecule has 4 nitrogen and oxygen atoms in total. The maximum absolute atomic E-state index is 12.0. The van der Waals surface area contributed by atoms with Gasteiger partial charge < -0.3 is 4.74 Å². The van der Waals surface area contributed by atoms with Crippen LogP contribution in [-0.2, 0) is 0 Å². The third-order valence-electron chi connectivity index (χ3n) is 2.11. The normalized spacial score (nSPS) is 11.1. The van der Waals surface area contributed by atoms with E-state index in [9.17, 15) is 13.2 Å². The third kappa shape index (κ3) is 3.37. The van der Waals surface area contributed by atoms with Gasteiger partial charge in [0.1, 0.15) is 21.2 Å². The van der Waals surface area contributed by atoms with E-state index in [4.69, 9.17) is 5.26 Å². The smallest absolute Gasteiger partial charge is 0.406 e. The number of nitriles is 1. The van der Waals surface area contributed by atoms with Crippen molar-refractivity contribution in [2.24, 2.45) is 0 Å². The Hall–Kier alpha value is -1.76. The van der Waals surface area contributed by atoms with Crippen LogP contribution >= 0.6 is 22.6 Å². The van der Waals surface area contributed by atoms with Gasteiger partial charge in [-0.1, -0.05) is 0 Å². The van der Waals surface area contributed by atoms with Crippen LogP contribution in [0.15, 0.2) is 30.3 Å². The second kappa shape index (κ2) is 5.08. The molecule has 0 aliphatic rings. The summed E-state index contributed by atoms with van der Waals surface area (Å²) in [5.41, 5.74) is 0.780. The van der Waals surface area contributed by atoms with Crippen molar-refractivity contribution >= 4 is 22.6 Å². The van der Waals surface area contributed by atoms with E-state index >= 15 is 0 Å². The van der Waals surface area contributed by atoms with Crippen LogP contribution in [0.5, 0.6) is 5.75 Å². The molecular weight excluding hydrogens is 374 g/mol. The molecule has 0 aliphatic carbocycles. The van der Waals surface area contributed by atoms with Gasteiger partial charge >= 0.3 is 6.36 Å². The first kappa shape index (κ1) is 13.7. The Kier molecular flexibility index (Phi) is 3.66. The van der Waals surface area contributed by atoms with Crippen molar-refractivity contribution in [3.63, 3.8) is 0 Å². The molecule has 8 heteroatoms. The molecule has 19 heavy (non-hydrogen) atoms. The molecule has 0 N–H and O–H groups in total. The van der Waals surface area contributed by atoms with Gasteiger partial charge in [0.05, 0.1) is 5.69 Å². The summed E-state index contributed by atoms with van der Waals surface area (Å²) in [5.74, 6) is -0.323. The Morgan fingerprint density at radius 2 is 1.89 bits per heavy atom. The van der Waals surface area contributed by atoms with Gasteiger partial charge in [0.15, 0.2) is 0 Å². The van der Waals surface area contributed by atoms with Gasteiger partial charge in [-0.25, -0.2) is 4.68 Å². The van der Waals surface area contributed by atoms with Crippen LogP contribution in [0.2, 0.25) is 0 Å². The van der Waals surface area contributed by atoms with Gasteiger partial charge in [-0.2, -0.15) is 10.4 Å². The number of halogens is 4. The Balaban J connectivity index is 2.30. The zero-order valence-electron chi connectivity index (χ0n) is 9.15. The fourth-order valence-electron chi connectivity index (χ4n) is 1.42. The minimum Gasteiger partial charge on any atom is -0.406 e. The summed E-state index contributed by atoms with van der Waals surface area (Å²) in [6.07, 6.45) is -4.72. The Bertz CT molecular complexity index is 628. The molecule has 0 bridgehead atoms. The molecule has 0 saturated heterocycles. The van der Waals surface area contributed by atoms with Crippen molar-refractivity contribution in [1.29, 1.82) is 5.26 Å². The summed E-state index contributed by atoms with van der Waals surface area (Å²) in [6.45, 7) is 0. The van der Waals surface area contributed by atoms with Crippen molar-refractivity contribution in [3.05, 3.63) is 39.7 Å². The largest absolute Gasteiger partial charge is 0.573 e. The number of aromatic nitrogens is 2. The standard InChI is InChI=1S/C11H5F3IN3O/c12-11(13,14)19-9-3-1-7(2-4-9)18-8(6-16)5-10(15)17-18/h1-5H. The van der Waals surface area contributed by atoms with E-state index in [2.05, 4.69) is 9.84 Å².